The van der Waals surface area contributed by atoms with Gasteiger partial charge in [0, 0.05) is 5.56 Å². The Hall–Kier alpha value is -1.67. The van der Waals surface area contributed by atoms with Crippen LogP contribution in [0.25, 0.3) is 0 Å². The number of hydrogen-bond acceptors (Lipinski definition) is 1. The number of halogens is 1. The summed E-state index contributed by atoms with van der Waals surface area (Å²) in [6, 6.07) is 11.9. The first kappa shape index (κ1) is 15.7. The first-order chi connectivity index (χ1) is 10.0. The van der Waals surface area contributed by atoms with E-state index in [1.807, 2.05) is 19.9 Å². The maximum absolute atomic E-state index is 14.5. The Morgan fingerprint density at radius 2 is 1.81 bits per heavy atom. The van der Waals surface area contributed by atoms with Gasteiger partial charge in [-0.3, -0.25) is 0 Å². The zero-order valence-corrected chi connectivity index (χ0v) is 13.3. The molecular weight excluding hydrogens is 261 g/mol. The molecule has 2 rings (SSSR count). The van der Waals surface area contributed by atoms with Gasteiger partial charge in [0.25, 0.3) is 0 Å². The topological polar surface area (TPSA) is 12.0 Å². The Morgan fingerprint density at radius 3 is 2.43 bits per heavy atom. The molecule has 0 saturated carbocycles. The van der Waals surface area contributed by atoms with Crippen molar-refractivity contribution in [3.8, 4) is 0 Å². The molecule has 0 spiro atoms. The maximum Gasteiger partial charge on any atom is 0.128 e. The first-order valence-electron chi connectivity index (χ1n) is 7.59. The highest BCUT2D eigenvalue weighted by atomic mass is 19.1. The van der Waals surface area contributed by atoms with Gasteiger partial charge in [-0.2, -0.15) is 0 Å². The lowest BCUT2D eigenvalue weighted by Crippen LogP contribution is -2.25. The summed E-state index contributed by atoms with van der Waals surface area (Å²) in [5.41, 5.74) is 5.05. The minimum Gasteiger partial charge on any atom is -0.306 e. The third-order valence-corrected chi connectivity index (χ3v) is 3.74. The van der Waals surface area contributed by atoms with Crippen LogP contribution in [0.4, 0.5) is 4.39 Å². The van der Waals surface area contributed by atoms with Crippen LogP contribution in [0.1, 0.15) is 47.2 Å². The molecule has 0 radical (unpaired) electrons. The monoisotopic (exact) mass is 285 g/mol. The van der Waals surface area contributed by atoms with Crippen molar-refractivity contribution in [3.63, 3.8) is 0 Å². The summed E-state index contributed by atoms with van der Waals surface area (Å²) in [5, 5.41) is 3.49. The molecule has 0 amide bonds. The maximum atomic E-state index is 14.5. The fourth-order valence-electron chi connectivity index (χ4n) is 2.82. The molecule has 112 valence electrons. The lowest BCUT2D eigenvalue weighted by atomic mass is 9.92. The van der Waals surface area contributed by atoms with E-state index in [1.165, 1.54) is 5.56 Å². The highest BCUT2D eigenvalue weighted by Crippen LogP contribution is 2.29. The molecular formula is C19H24FN. The largest absolute Gasteiger partial charge is 0.306 e. The SMILES string of the molecule is CCCNC(c1cccc(C)c1)c1c(C)cc(C)cc1F. The Balaban J connectivity index is 2.50. The average Bonchev–Trinajstić information content (AvgIpc) is 2.41. The molecule has 0 saturated heterocycles. The second kappa shape index (κ2) is 6.86. The van der Waals surface area contributed by atoms with Crippen LogP contribution in [0, 0.1) is 26.6 Å². The zero-order valence-electron chi connectivity index (χ0n) is 13.3. The number of aryl methyl sites for hydroxylation is 3. The minimum absolute atomic E-state index is 0.0922. The van der Waals surface area contributed by atoms with Crippen LogP contribution in [-0.4, -0.2) is 6.54 Å². The highest BCUT2D eigenvalue weighted by molar-refractivity contribution is 5.41. The molecule has 1 atom stereocenters. The van der Waals surface area contributed by atoms with Crippen LogP contribution in [0.3, 0.4) is 0 Å². The van der Waals surface area contributed by atoms with Gasteiger partial charge in [0.2, 0.25) is 0 Å². The van der Waals surface area contributed by atoms with Crippen molar-refractivity contribution in [2.75, 3.05) is 6.54 Å². The summed E-state index contributed by atoms with van der Waals surface area (Å²) < 4.78 is 14.5. The van der Waals surface area contributed by atoms with Gasteiger partial charge in [-0.15, -0.1) is 0 Å². The lowest BCUT2D eigenvalue weighted by molar-refractivity contribution is 0.543. The van der Waals surface area contributed by atoms with Crippen LogP contribution in [0.2, 0.25) is 0 Å². The van der Waals surface area contributed by atoms with Crippen molar-refractivity contribution < 1.29 is 4.39 Å². The summed E-state index contributed by atoms with van der Waals surface area (Å²) >= 11 is 0. The van der Waals surface area contributed by atoms with E-state index < -0.39 is 0 Å². The second-order valence-electron chi connectivity index (χ2n) is 5.78. The molecule has 2 aromatic rings. The molecule has 1 nitrogen and oxygen atoms in total. The fraction of sp³-hybridized carbons (Fsp3) is 0.368. The van der Waals surface area contributed by atoms with Crippen molar-refractivity contribution in [1.82, 2.24) is 5.32 Å². The Morgan fingerprint density at radius 1 is 1.05 bits per heavy atom. The molecule has 1 unspecified atom stereocenters. The van der Waals surface area contributed by atoms with Crippen molar-refractivity contribution >= 4 is 0 Å². The van der Waals surface area contributed by atoms with E-state index in [4.69, 9.17) is 0 Å². The zero-order chi connectivity index (χ0) is 15.4. The molecule has 0 aliphatic rings. The number of hydrogen-bond donors (Lipinski definition) is 1. The standard InChI is InChI=1S/C19H24FN/c1-5-9-21-19(16-8-6-7-13(2)11-16)18-15(4)10-14(3)12-17(18)20/h6-8,10-12,19,21H,5,9H2,1-4H3. The molecule has 0 aliphatic carbocycles. The van der Waals surface area contributed by atoms with E-state index in [-0.39, 0.29) is 11.9 Å². The van der Waals surface area contributed by atoms with Crippen LogP contribution in [0.5, 0.6) is 0 Å². The predicted octanol–water partition coefficient (Wildman–Crippen LogP) is 4.84. The first-order valence-corrected chi connectivity index (χ1v) is 7.59. The quantitative estimate of drug-likeness (QED) is 0.829. The average molecular weight is 285 g/mol. The molecule has 21 heavy (non-hydrogen) atoms. The lowest BCUT2D eigenvalue weighted by Gasteiger charge is -2.23. The van der Waals surface area contributed by atoms with Gasteiger partial charge in [0.15, 0.2) is 0 Å². The Kier molecular flexibility index (Phi) is 5.13. The Labute approximate surface area is 127 Å². The molecule has 0 bridgehead atoms. The number of nitrogens with one attached hydrogen (secondary N) is 1. The van der Waals surface area contributed by atoms with Gasteiger partial charge < -0.3 is 5.32 Å². The van der Waals surface area contributed by atoms with Gasteiger partial charge in [0.1, 0.15) is 5.82 Å². The smallest absolute Gasteiger partial charge is 0.128 e. The van der Waals surface area contributed by atoms with Crippen LogP contribution >= 0.6 is 0 Å². The summed E-state index contributed by atoms with van der Waals surface area (Å²) in [5.74, 6) is -0.123. The van der Waals surface area contributed by atoms with E-state index in [1.54, 1.807) is 6.07 Å². The molecule has 1 N–H and O–H groups in total. The molecule has 0 aliphatic heterocycles. The van der Waals surface area contributed by atoms with Gasteiger partial charge in [-0.25, -0.2) is 4.39 Å². The summed E-state index contributed by atoms with van der Waals surface area (Å²) in [6.07, 6.45) is 1.02. The summed E-state index contributed by atoms with van der Waals surface area (Å²) in [4.78, 5) is 0. The van der Waals surface area contributed by atoms with Gasteiger partial charge >= 0.3 is 0 Å². The van der Waals surface area contributed by atoms with Crippen LogP contribution < -0.4 is 5.32 Å². The normalized spacial score (nSPS) is 12.4. The third kappa shape index (κ3) is 3.70. The molecule has 2 aromatic carbocycles. The van der Waals surface area contributed by atoms with Crippen molar-refractivity contribution in [2.24, 2.45) is 0 Å². The Bertz CT molecular complexity index is 596. The van der Waals surface area contributed by atoms with Crippen LogP contribution in [-0.2, 0) is 0 Å². The summed E-state index contributed by atoms with van der Waals surface area (Å²) in [6.45, 7) is 8.98. The van der Waals surface area contributed by atoms with E-state index in [9.17, 15) is 4.39 Å². The summed E-state index contributed by atoms with van der Waals surface area (Å²) in [7, 11) is 0. The van der Waals surface area contributed by atoms with E-state index in [0.717, 1.165) is 35.2 Å². The number of benzene rings is 2. The van der Waals surface area contributed by atoms with Crippen molar-refractivity contribution in [1.29, 1.82) is 0 Å². The van der Waals surface area contributed by atoms with Gasteiger partial charge in [0.05, 0.1) is 6.04 Å². The van der Waals surface area contributed by atoms with E-state index >= 15 is 0 Å². The van der Waals surface area contributed by atoms with E-state index in [0.29, 0.717) is 0 Å². The highest BCUT2D eigenvalue weighted by Gasteiger charge is 2.20. The van der Waals surface area contributed by atoms with Crippen molar-refractivity contribution in [3.05, 3.63) is 70.0 Å². The van der Waals surface area contributed by atoms with Gasteiger partial charge in [-0.1, -0.05) is 42.8 Å². The van der Waals surface area contributed by atoms with E-state index in [2.05, 4.69) is 43.4 Å². The molecule has 2 heteroatoms. The molecule has 0 fully saturated rings. The fourth-order valence-corrected chi connectivity index (χ4v) is 2.82. The predicted molar refractivity (Wildman–Crippen MR) is 87.2 cm³/mol. The minimum atomic E-state index is -0.123. The van der Waals surface area contributed by atoms with Crippen LogP contribution in [0.15, 0.2) is 36.4 Å². The number of rotatable bonds is 5. The van der Waals surface area contributed by atoms with Crippen molar-refractivity contribution in [2.45, 2.75) is 40.2 Å². The van der Waals surface area contributed by atoms with Gasteiger partial charge in [-0.05, 0) is 56.5 Å². The molecule has 0 heterocycles. The second-order valence-corrected chi connectivity index (χ2v) is 5.78. The molecule has 0 aromatic heterocycles. The third-order valence-electron chi connectivity index (χ3n) is 3.74.